The third kappa shape index (κ3) is 2.66. The topological polar surface area (TPSA) is 43.1 Å². The molecular weight excluding hydrogens is 269 g/mol. The van der Waals surface area contributed by atoms with E-state index in [2.05, 4.69) is 0 Å². The molecule has 0 saturated heterocycles. The second-order valence-corrected chi connectivity index (χ2v) is 4.69. The van der Waals surface area contributed by atoms with Crippen LogP contribution in [0.3, 0.4) is 0 Å². The SMILES string of the molecule is NC(=O)Cc1ccccc1-c1cccc(Cl)c1Cl. The van der Waals surface area contributed by atoms with E-state index in [1.54, 1.807) is 6.07 Å². The molecule has 1 amide bonds. The molecule has 0 aliphatic heterocycles. The molecule has 0 aliphatic carbocycles. The largest absolute Gasteiger partial charge is 0.369 e. The van der Waals surface area contributed by atoms with E-state index < -0.39 is 0 Å². The van der Waals surface area contributed by atoms with E-state index in [-0.39, 0.29) is 12.3 Å². The summed E-state index contributed by atoms with van der Waals surface area (Å²) in [6.07, 6.45) is 0.180. The Balaban J connectivity index is 2.57. The molecule has 0 radical (unpaired) electrons. The third-order valence-electron chi connectivity index (χ3n) is 2.62. The minimum absolute atomic E-state index is 0.180. The first-order valence-corrected chi connectivity index (χ1v) is 6.16. The first-order chi connectivity index (χ1) is 8.59. The molecule has 2 aromatic rings. The van der Waals surface area contributed by atoms with Gasteiger partial charge in [0.15, 0.2) is 0 Å². The van der Waals surface area contributed by atoms with E-state index in [0.29, 0.717) is 10.0 Å². The van der Waals surface area contributed by atoms with Crippen molar-refractivity contribution in [1.29, 1.82) is 0 Å². The Morgan fingerprint density at radius 1 is 1.00 bits per heavy atom. The molecule has 0 unspecified atom stereocenters. The Labute approximate surface area is 115 Å². The normalized spacial score (nSPS) is 10.3. The molecule has 2 rings (SSSR count). The average Bonchev–Trinajstić information content (AvgIpc) is 2.33. The Kier molecular flexibility index (Phi) is 3.90. The van der Waals surface area contributed by atoms with Gasteiger partial charge in [-0.3, -0.25) is 4.79 Å². The summed E-state index contributed by atoms with van der Waals surface area (Å²) < 4.78 is 0. The number of carbonyl (C=O) groups is 1. The summed E-state index contributed by atoms with van der Waals surface area (Å²) in [6.45, 7) is 0. The Morgan fingerprint density at radius 2 is 1.67 bits per heavy atom. The number of benzene rings is 2. The van der Waals surface area contributed by atoms with Crippen molar-refractivity contribution in [2.24, 2.45) is 5.73 Å². The highest BCUT2D eigenvalue weighted by molar-refractivity contribution is 6.43. The van der Waals surface area contributed by atoms with Gasteiger partial charge in [-0.05, 0) is 17.2 Å². The predicted octanol–water partition coefficient (Wildman–Crippen LogP) is 3.69. The lowest BCUT2D eigenvalue weighted by Crippen LogP contribution is -2.14. The highest BCUT2D eigenvalue weighted by atomic mass is 35.5. The number of primary amides is 1. The molecule has 0 fully saturated rings. The zero-order chi connectivity index (χ0) is 13.1. The van der Waals surface area contributed by atoms with Gasteiger partial charge in [-0.25, -0.2) is 0 Å². The number of nitrogens with two attached hydrogens (primary N) is 1. The average molecular weight is 280 g/mol. The van der Waals surface area contributed by atoms with Gasteiger partial charge in [-0.2, -0.15) is 0 Å². The van der Waals surface area contributed by atoms with Crippen LogP contribution in [0.15, 0.2) is 42.5 Å². The van der Waals surface area contributed by atoms with E-state index in [9.17, 15) is 4.79 Å². The molecule has 4 heteroatoms. The van der Waals surface area contributed by atoms with Crippen molar-refractivity contribution < 1.29 is 4.79 Å². The number of hydrogen-bond acceptors (Lipinski definition) is 1. The van der Waals surface area contributed by atoms with Gasteiger partial charge >= 0.3 is 0 Å². The summed E-state index contributed by atoms with van der Waals surface area (Å²) in [5.41, 5.74) is 7.77. The van der Waals surface area contributed by atoms with E-state index in [0.717, 1.165) is 16.7 Å². The molecule has 0 saturated carbocycles. The number of amides is 1. The highest BCUT2D eigenvalue weighted by Crippen LogP contribution is 2.35. The lowest BCUT2D eigenvalue weighted by molar-refractivity contribution is -0.117. The molecule has 0 spiro atoms. The molecule has 0 bridgehead atoms. The molecule has 0 aliphatic rings. The van der Waals surface area contributed by atoms with Crippen LogP contribution in [0.2, 0.25) is 10.0 Å². The maximum absolute atomic E-state index is 11.1. The fourth-order valence-electron chi connectivity index (χ4n) is 1.84. The van der Waals surface area contributed by atoms with Gasteiger partial charge in [0.2, 0.25) is 5.91 Å². The van der Waals surface area contributed by atoms with Crippen LogP contribution in [0.5, 0.6) is 0 Å². The lowest BCUT2D eigenvalue weighted by Gasteiger charge is -2.10. The molecule has 2 nitrogen and oxygen atoms in total. The molecule has 0 atom stereocenters. The smallest absolute Gasteiger partial charge is 0.221 e. The number of rotatable bonds is 3. The Bertz CT molecular complexity index is 596. The van der Waals surface area contributed by atoms with Crippen molar-refractivity contribution in [3.63, 3.8) is 0 Å². The summed E-state index contributed by atoms with van der Waals surface area (Å²) in [5.74, 6) is -0.374. The lowest BCUT2D eigenvalue weighted by atomic mass is 9.97. The van der Waals surface area contributed by atoms with Gasteiger partial charge in [0.25, 0.3) is 0 Å². The number of carbonyl (C=O) groups excluding carboxylic acids is 1. The van der Waals surface area contributed by atoms with Gasteiger partial charge in [0.05, 0.1) is 16.5 Å². The van der Waals surface area contributed by atoms with Crippen LogP contribution < -0.4 is 5.73 Å². The number of hydrogen-bond donors (Lipinski definition) is 1. The van der Waals surface area contributed by atoms with Crippen molar-refractivity contribution in [1.82, 2.24) is 0 Å². The van der Waals surface area contributed by atoms with Crippen LogP contribution in [0.1, 0.15) is 5.56 Å². The van der Waals surface area contributed by atoms with Gasteiger partial charge in [-0.15, -0.1) is 0 Å². The molecule has 2 aromatic carbocycles. The maximum Gasteiger partial charge on any atom is 0.221 e. The van der Waals surface area contributed by atoms with Gasteiger partial charge < -0.3 is 5.73 Å². The minimum Gasteiger partial charge on any atom is -0.369 e. The first kappa shape index (κ1) is 12.9. The van der Waals surface area contributed by atoms with Crippen molar-refractivity contribution in [3.05, 3.63) is 58.1 Å². The van der Waals surface area contributed by atoms with E-state index in [1.165, 1.54) is 0 Å². The van der Waals surface area contributed by atoms with Crippen LogP contribution in [0, 0.1) is 0 Å². The maximum atomic E-state index is 11.1. The standard InChI is InChI=1S/C14H11Cl2NO/c15-12-7-3-6-11(14(12)16)10-5-2-1-4-9(10)8-13(17)18/h1-7H,8H2,(H2,17,18). The van der Waals surface area contributed by atoms with Crippen molar-refractivity contribution in [2.45, 2.75) is 6.42 Å². The Morgan fingerprint density at radius 3 is 2.39 bits per heavy atom. The van der Waals surface area contributed by atoms with E-state index in [1.807, 2.05) is 36.4 Å². The zero-order valence-corrected chi connectivity index (χ0v) is 11.0. The first-order valence-electron chi connectivity index (χ1n) is 5.40. The van der Waals surface area contributed by atoms with Crippen molar-refractivity contribution in [3.8, 4) is 11.1 Å². The van der Waals surface area contributed by atoms with Crippen LogP contribution in [0.25, 0.3) is 11.1 Å². The summed E-state index contributed by atoms with van der Waals surface area (Å²) in [7, 11) is 0. The zero-order valence-electron chi connectivity index (χ0n) is 9.49. The van der Waals surface area contributed by atoms with Gasteiger partial charge in [0, 0.05) is 5.56 Å². The fourth-order valence-corrected chi connectivity index (χ4v) is 2.24. The minimum atomic E-state index is -0.374. The monoisotopic (exact) mass is 279 g/mol. The fraction of sp³-hybridized carbons (Fsp3) is 0.0714. The van der Waals surface area contributed by atoms with Gasteiger partial charge in [0.1, 0.15) is 0 Å². The van der Waals surface area contributed by atoms with Crippen molar-refractivity contribution >= 4 is 29.1 Å². The van der Waals surface area contributed by atoms with E-state index >= 15 is 0 Å². The molecule has 2 N–H and O–H groups in total. The summed E-state index contributed by atoms with van der Waals surface area (Å²) >= 11 is 12.2. The third-order valence-corrected chi connectivity index (χ3v) is 3.44. The van der Waals surface area contributed by atoms with Crippen LogP contribution >= 0.6 is 23.2 Å². The second kappa shape index (κ2) is 5.42. The van der Waals surface area contributed by atoms with Crippen LogP contribution in [-0.4, -0.2) is 5.91 Å². The molecular formula is C14H11Cl2NO. The quantitative estimate of drug-likeness (QED) is 0.915. The molecule has 18 heavy (non-hydrogen) atoms. The molecule has 92 valence electrons. The summed E-state index contributed by atoms with van der Waals surface area (Å²) in [4.78, 5) is 11.1. The molecule has 0 heterocycles. The van der Waals surface area contributed by atoms with Crippen molar-refractivity contribution in [2.75, 3.05) is 0 Å². The predicted molar refractivity (Wildman–Crippen MR) is 74.8 cm³/mol. The highest BCUT2D eigenvalue weighted by Gasteiger charge is 2.11. The number of halogens is 2. The second-order valence-electron chi connectivity index (χ2n) is 3.90. The van der Waals surface area contributed by atoms with E-state index in [4.69, 9.17) is 28.9 Å². The Hall–Kier alpha value is -1.51. The van der Waals surface area contributed by atoms with Crippen LogP contribution in [-0.2, 0) is 11.2 Å². The van der Waals surface area contributed by atoms with Crippen LogP contribution in [0.4, 0.5) is 0 Å². The molecule has 0 aromatic heterocycles. The summed E-state index contributed by atoms with van der Waals surface area (Å²) in [6, 6.07) is 12.9. The summed E-state index contributed by atoms with van der Waals surface area (Å²) in [5, 5.41) is 0.971. The van der Waals surface area contributed by atoms with Gasteiger partial charge in [-0.1, -0.05) is 59.6 Å².